The molecule has 0 N–H and O–H groups in total. The third kappa shape index (κ3) is 4.45. The number of hydrogen-bond acceptors (Lipinski definition) is 6. The Bertz CT molecular complexity index is 862. The molecule has 0 atom stereocenters. The molecule has 3 aromatic rings. The van der Waals surface area contributed by atoms with Crippen molar-refractivity contribution < 1.29 is 18.8 Å². The molecule has 2 aromatic carbocycles. The van der Waals surface area contributed by atoms with E-state index in [0.29, 0.717) is 29.6 Å². The van der Waals surface area contributed by atoms with Gasteiger partial charge in [-0.25, -0.2) is 4.79 Å². The Labute approximate surface area is 152 Å². The highest BCUT2D eigenvalue weighted by Crippen LogP contribution is 2.21. The van der Waals surface area contributed by atoms with Crippen molar-refractivity contribution >= 4 is 21.9 Å². The number of benzene rings is 2. The van der Waals surface area contributed by atoms with E-state index in [9.17, 15) is 4.79 Å². The average molecular weight is 403 g/mol. The van der Waals surface area contributed by atoms with Gasteiger partial charge in [-0.05, 0) is 43.3 Å². The summed E-state index contributed by atoms with van der Waals surface area (Å²) in [7, 11) is 0. The van der Waals surface area contributed by atoms with Crippen molar-refractivity contribution in [3.63, 3.8) is 0 Å². The lowest BCUT2D eigenvalue weighted by Crippen LogP contribution is -2.04. The van der Waals surface area contributed by atoms with Crippen LogP contribution in [0.5, 0.6) is 5.75 Å². The molecule has 0 aliphatic heterocycles. The van der Waals surface area contributed by atoms with Crippen LogP contribution in [-0.2, 0) is 11.3 Å². The van der Waals surface area contributed by atoms with Gasteiger partial charge in [-0.2, -0.15) is 4.98 Å². The number of nitrogens with zero attached hydrogens (tertiary/aromatic N) is 2. The Kier molecular flexibility index (Phi) is 5.45. The molecule has 6 nitrogen and oxygen atoms in total. The van der Waals surface area contributed by atoms with E-state index in [0.717, 1.165) is 10.0 Å². The molecular weight excluding hydrogens is 388 g/mol. The fourth-order valence-electron chi connectivity index (χ4n) is 2.11. The number of aromatic nitrogens is 2. The Balaban J connectivity index is 1.61. The maximum absolute atomic E-state index is 11.6. The van der Waals surface area contributed by atoms with Crippen molar-refractivity contribution in [3.8, 4) is 17.1 Å². The van der Waals surface area contributed by atoms with Crippen LogP contribution in [0.4, 0.5) is 0 Å². The van der Waals surface area contributed by atoms with Crippen LogP contribution in [0.25, 0.3) is 11.4 Å². The smallest absolute Gasteiger partial charge is 0.338 e. The van der Waals surface area contributed by atoms with Crippen LogP contribution in [0.1, 0.15) is 23.2 Å². The van der Waals surface area contributed by atoms with Crippen molar-refractivity contribution in [2.75, 3.05) is 6.61 Å². The van der Waals surface area contributed by atoms with E-state index < -0.39 is 0 Å². The highest BCUT2D eigenvalue weighted by Gasteiger charge is 2.10. The first kappa shape index (κ1) is 17.2. The molecule has 0 bridgehead atoms. The molecule has 7 heteroatoms. The van der Waals surface area contributed by atoms with Gasteiger partial charge in [-0.15, -0.1) is 0 Å². The standard InChI is InChI=1S/C18H15BrN2O4/c1-2-23-18(22)12-6-8-15(9-7-12)24-11-16-20-17(21-25-16)13-4-3-5-14(19)10-13/h3-10H,2,11H2,1H3. The first-order valence-corrected chi connectivity index (χ1v) is 8.43. The van der Waals surface area contributed by atoms with Crippen molar-refractivity contribution in [2.24, 2.45) is 0 Å². The topological polar surface area (TPSA) is 74.5 Å². The zero-order valence-corrected chi connectivity index (χ0v) is 15.0. The van der Waals surface area contributed by atoms with E-state index in [4.69, 9.17) is 14.0 Å². The van der Waals surface area contributed by atoms with Gasteiger partial charge in [0.25, 0.3) is 5.89 Å². The second-order valence-corrected chi connectivity index (χ2v) is 5.97. The highest BCUT2D eigenvalue weighted by atomic mass is 79.9. The van der Waals surface area contributed by atoms with Crippen LogP contribution >= 0.6 is 15.9 Å². The van der Waals surface area contributed by atoms with Crippen molar-refractivity contribution in [2.45, 2.75) is 13.5 Å². The molecule has 0 aliphatic rings. The minimum absolute atomic E-state index is 0.139. The Morgan fingerprint density at radius 1 is 1.20 bits per heavy atom. The Morgan fingerprint density at radius 3 is 2.72 bits per heavy atom. The van der Waals surface area contributed by atoms with Gasteiger partial charge in [-0.1, -0.05) is 33.2 Å². The van der Waals surface area contributed by atoms with Crippen molar-refractivity contribution in [1.82, 2.24) is 10.1 Å². The molecular formula is C18H15BrN2O4. The van der Waals surface area contributed by atoms with Crippen molar-refractivity contribution in [3.05, 3.63) is 64.5 Å². The van der Waals surface area contributed by atoms with Crippen LogP contribution in [0.15, 0.2) is 57.5 Å². The van der Waals surface area contributed by atoms with Crippen molar-refractivity contribution in [1.29, 1.82) is 0 Å². The molecule has 25 heavy (non-hydrogen) atoms. The summed E-state index contributed by atoms with van der Waals surface area (Å²) in [5, 5.41) is 3.95. The molecule has 1 heterocycles. The lowest BCUT2D eigenvalue weighted by Gasteiger charge is -2.05. The summed E-state index contributed by atoms with van der Waals surface area (Å²) in [6, 6.07) is 14.3. The van der Waals surface area contributed by atoms with Gasteiger partial charge < -0.3 is 14.0 Å². The monoisotopic (exact) mass is 402 g/mol. The van der Waals surface area contributed by atoms with E-state index in [2.05, 4.69) is 26.1 Å². The number of esters is 1. The Morgan fingerprint density at radius 2 is 2.00 bits per heavy atom. The van der Waals surface area contributed by atoms with Gasteiger partial charge in [-0.3, -0.25) is 0 Å². The number of halogens is 1. The van der Waals surface area contributed by atoms with E-state index in [1.165, 1.54) is 0 Å². The van der Waals surface area contributed by atoms with Crippen LogP contribution in [0, 0.1) is 0 Å². The summed E-state index contributed by atoms with van der Waals surface area (Å²) in [6.45, 7) is 2.25. The SMILES string of the molecule is CCOC(=O)c1ccc(OCc2nc(-c3cccc(Br)c3)no2)cc1. The van der Waals surface area contributed by atoms with E-state index in [-0.39, 0.29) is 12.6 Å². The summed E-state index contributed by atoms with van der Waals surface area (Å²) >= 11 is 3.41. The molecule has 0 aliphatic carbocycles. The van der Waals surface area contributed by atoms with Crippen LogP contribution < -0.4 is 4.74 Å². The molecule has 0 saturated carbocycles. The van der Waals surface area contributed by atoms with Crippen LogP contribution in [-0.4, -0.2) is 22.7 Å². The molecule has 0 spiro atoms. The summed E-state index contributed by atoms with van der Waals surface area (Å²) < 4.78 is 16.7. The highest BCUT2D eigenvalue weighted by molar-refractivity contribution is 9.10. The molecule has 0 fully saturated rings. The lowest BCUT2D eigenvalue weighted by atomic mass is 10.2. The molecule has 3 rings (SSSR count). The number of rotatable bonds is 6. The van der Waals surface area contributed by atoms with Gasteiger partial charge in [0.1, 0.15) is 5.75 Å². The fraction of sp³-hybridized carbons (Fsp3) is 0.167. The number of hydrogen-bond donors (Lipinski definition) is 0. The number of carbonyl (C=O) groups is 1. The third-order valence-corrected chi connectivity index (χ3v) is 3.77. The zero-order valence-electron chi connectivity index (χ0n) is 13.4. The van der Waals surface area contributed by atoms with E-state index in [1.54, 1.807) is 31.2 Å². The maximum Gasteiger partial charge on any atom is 0.338 e. The molecule has 0 unspecified atom stereocenters. The normalized spacial score (nSPS) is 10.5. The van der Waals surface area contributed by atoms with Gasteiger partial charge in [0, 0.05) is 10.0 Å². The van der Waals surface area contributed by atoms with Gasteiger partial charge in [0.05, 0.1) is 12.2 Å². The maximum atomic E-state index is 11.6. The van der Waals surface area contributed by atoms with Crippen LogP contribution in [0.2, 0.25) is 0 Å². The van der Waals surface area contributed by atoms with E-state index in [1.807, 2.05) is 24.3 Å². The summed E-state index contributed by atoms with van der Waals surface area (Å²) in [5.41, 5.74) is 1.33. The third-order valence-electron chi connectivity index (χ3n) is 3.28. The predicted molar refractivity (Wildman–Crippen MR) is 94.2 cm³/mol. The minimum atomic E-state index is -0.357. The largest absolute Gasteiger partial charge is 0.484 e. The number of carbonyl (C=O) groups excluding carboxylic acids is 1. The molecule has 128 valence electrons. The first-order valence-electron chi connectivity index (χ1n) is 7.64. The summed E-state index contributed by atoms with van der Waals surface area (Å²) in [6.07, 6.45) is 0. The quantitative estimate of drug-likeness (QED) is 0.573. The molecule has 1 aromatic heterocycles. The predicted octanol–water partition coefficient (Wildman–Crippen LogP) is 4.25. The number of ether oxygens (including phenoxy) is 2. The molecule has 0 amide bonds. The van der Waals surface area contributed by atoms with Gasteiger partial charge in [0.2, 0.25) is 5.82 Å². The second-order valence-electron chi connectivity index (χ2n) is 5.06. The Hall–Kier alpha value is -2.67. The molecule has 0 radical (unpaired) electrons. The second kappa shape index (κ2) is 7.94. The van der Waals surface area contributed by atoms with E-state index >= 15 is 0 Å². The fourth-order valence-corrected chi connectivity index (χ4v) is 2.50. The summed E-state index contributed by atoms with van der Waals surface area (Å²) in [4.78, 5) is 15.9. The lowest BCUT2D eigenvalue weighted by molar-refractivity contribution is 0.0526. The first-order chi connectivity index (χ1) is 12.2. The van der Waals surface area contributed by atoms with Gasteiger partial charge >= 0.3 is 5.97 Å². The zero-order chi connectivity index (χ0) is 17.6. The summed E-state index contributed by atoms with van der Waals surface area (Å²) in [5.74, 6) is 1.10. The molecule has 0 saturated heterocycles. The minimum Gasteiger partial charge on any atom is -0.484 e. The average Bonchev–Trinajstić information content (AvgIpc) is 3.10. The van der Waals surface area contributed by atoms with Gasteiger partial charge in [0.15, 0.2) is 6.61 Å². The van der Waals surface area contributed by atoms with Crippen LogP contribution in [0.3, 0.4) is 0 Å².